The normalized spacial score (nSPS) is 14.4. The van der Waals surface area contributed by atoms with Crippen molar-refractivity contribution < 1.29 is 4.79 Å². The van der Waals surface area contributed by atoms with Crippen molar-refractivity contribution in [3.63, 3.8) is 0 Å². The van der Waals surface area contributed by atoms with Crippen molar-refractivity contribution in [3.8, 4) is 11.3 Å². The second-order valence-electron chi connectivity index (χ2n) is 7.09. The summed E-state index contributed by atoms with van der Waals surface area (Å²) in [5, 5.41) is 14.5. The maximum atomic E-state index is 12.2. The van der Waals surface area contributed by atoms with Crippen LogP contribution in [0.25, 0.3) is 11.3 Å². The summed E-state index contributed by atoms with van der Waals surface area (Å²) in [4.78, 5) is 16.8. The van der Waals surface area contributed by atoms with E-state index in [-0.39, 0.29) is 6.03 Å². The molecule has 0 saturated carbocycles. The number of carbonyl (C=O) groups is 1. The molecule has 0 atom stereocenters. The van der Waals surface area contributed by atoms with Crippen molar-refractivity contribution in [2.45, 2.75) is 0 Å². The Morgan fingerprint density at radius 3 is 2.28 bits per heavy atom. The van der Waals surface area contributed by atoms with Crippen LogP contribution in [0.2, 0.25) is 0 Å². The Labute approximate surface area is 170 Å². The lowest BCUT2D eigenvalue weighted by Crippen LogP contribution is -2.44. The number of rotatable bonds is 4. The number of carbonyl (C=O) groups excluding carboxylic acids is 1. The molecule has 1 aromatic heterocycles. The van der Waals surface area contributed by atoms with Crippen LogP contribution >= 0.6 is 0 Å². The van der Waals surface area contributed by atoms with Crippen LogP contribution in [-0.2, 0) is 0 Å². The number of para-hydroxylation sites is 1. The van der Waals surface area contributed by atoms with Gasteiger partial charge in [0, 0.05) is 43.1 Å². The molecule has 1 fully saturated rings. The fraction of sp³-hybridized carbons (Fsp3) is 0.227. The van der Waals surface area contributed by atoms with Crippen LogP contribution in [0, 0.1) is 0 Å². The molecule has 7 nitrogen and oxygen atoms in total. The molecule has 2 heterocycles. The number of likely N-dealkylation sites (N-methyl/N-ethyl adjacent to an activating group) is 1. The van der Waals surface area contributed by atoms with E-state index < -0.39 is 0 Å². The number of benzene rings is 2. The minimum atomic E-state index is -0.287. The molecular formula is C22H24N6O. The molecule has 1 aliphatic rings. The van der Waals surface area contributed by atoms with Crippen molar-refractivity contribution in [3.05, 3.63) is 66.7 Å². The summed E-state index contributed by atoms with van der Waals surface area (Å²) < 4.78 is 0. The fourth-order valence-electron chi connectivity index (χ4n) is 3.25. The lowest BCUT2D eigenvalue weighted by atomic mass is 10.1. The molecular weight excluding hydrogens is 364 g/mol. The molecule has 0 unspecified atom stereocenters. The first-order valence-corrected chi connectivity index (χ1v) is 9.68. The Hall–Kier alpha value is -3.45. The lowest BCUT2D eigenvalue weighted by Gasteiger charge is -2.32. The largest absolute Gasteiger partial charge is 0.353 e. The van der Waals surface area contributed by atoms with Gasteiger partial charge in [0.15, 0.2) is 5.82 Å². The van der Waals surface area contributed by atoms with Gasteiger partial charge in [-0.25, -0.2) is 4.79 Å². The molecule has 7 heteroatoms. The van der Waals surface area contributed by atoms with Crippen LogP contribution in [0.1, 0.15) is 0 Å². The maximum Gasteiger partial charge on any atom is 0.323 e. The number of hydrogen-bond acceptors (Lipinski definition) is 5. The van der Waals surface area contributed by atoms with E-state index in [1.54, 1.807) is 0 Å². The zero-order valence-corrected chi connectivity index (χ0v) is 16.4. The van der Waals surface area contributed by atoms with Crippen molar-refractivity contribution in [2.24, 2.45) is 0 Å². The van der Waals surface area contributed by atoms with Crippen LogP contribution < -0.4 is 15.5 Å². The van der Waals surface area contributed by atoms with E-state index >= 15 is 0 Å². The number of nitrogens with one attached hydrogen (secondary N) is 2. The third kappa shape index (κ3) is 4.89. The van der Waals surface area contributed by atoms with Crippen molar-refractivity contribution >= 4 is 23.2 Å². The summed E-state index contributed by atoms with van der Waals surface area (Å²) in [5.74, 6) is 0.901. The van der Waals surface area contributed by atoms with E-state index in [2.05, 4.69) is 37.7 Å². The third-order valence-electron chi connectivity index (χ3n) is 4.93. The van der Waals surface area contributed by atoms with Gasteiger partial charge in [-0.15, -0.1) is 10.2 Å². The molecule has 2 aromatic carbocycles. The zero-order valence-electron chi connectivity index (χ0n) is 16.4. The molecule has 0 radical (unpaired) electrons. The third-order valence-corrected chi connectivity index (χ3v) is 4.93. The first kappa shape index (κ1) is 18.9. The first-order valence-electron chi connectivity index (χ1n) is 9.68. The molecule has 4 rings (SSSR count). The molecule has 2 amide bonds. The van der Waals surface area contributed by atoms with Gasteiger partial charge in [0.25, 0.3) is 0 Å². The van der Waals surface area contributed by atoms with Gasteiger partial charge in [0.1, 0.15) is 0 Å². The van der Waals surface area contributed by atoms with Gasteiger partial charge in [0.2, 0.25) is 0 Å². The zero-order chi connectivity index (χ0) is 20.1. The van der Waals surface area contributed by atoms with Crippen molar-refractivity contribution in [1.82, 2.24) is 15.1 Å². The predicted molar refractivity (Wildman–Crippen MR) is 116 cm³/mol. The quantitative estimate of drug-likeness (QED) is 0.715. The highest BCUT2D eigenvalue weighted by atomic mass is 16.2. The van der Waals surface area contributed by atoms with Crippen LogP contribution in [0.5, 0.6) is 0 Å². The second-order valence-corrected chi connectivity index (χ2v) is 7.09. The summed E-state index contributed by atoms with van der Waals surface area (Å²) in [6.07, 6.45) is 0. The van der Waals surface area contributed by atoms with Gasteiger partial charge in [-0.2, -0.15) is 0 Å². The number of amides is 2. The van der Waals surface area contributed by atoms with E-state index in [0.717, 1.165) is 48.9 Å². The van der Waals surface area contributed by atoms with E-state index in [0.29, 0.717) is 5.69 Å². The summed E-state index contributed by atoms with van der Waals surface area (Å²) in [6.45, 7) is 3.98. The Morgan fingerprint density at radius 2 is 1.55 bits per heavy atom. The first-order chi connectivity index (χ1) is 14.2. The van der Waals surface area contributed by atoms with E-state index in [4.69, 9.17) is 0 Å². The van der Waals surface area contributed by atoms with Gasteiger partial charge >= 0.3 is 6.03 Å². The van der Waals surface area contributed by atoms with E-state index in [1.807, 2.05) is 66.7 Å². The summed E-state index contributed by atoms with van der Waals surface area (Å²) in [5.41, 5.74) is 3.11. The van der Waals surface area contributed by atoms with Gasteiger partial charge in [-0.05, 0) is 43.4 Å². The van der Waals surface area contributed by atoms with Crippen LogP contribution in [0.3, 0.4) is 0 Å². The molecule has 2 N–H and O–H groups in total. The van der Waals surface area contributed by atoms with Crippen molar-refractivity contribution in [2.75, 3.05) is 48.8 Å². The molecule has 148 valence electrons. The predicted octanol–water partition coefficient (Wildman–Crippen LogP) is 3.54. The average molecular weight is 388 g/mol. The lowest BCUT2D eigenvalue weighted by molar-refractivity contribution is 0.262. The van der Waals surface area contributed by atoms with Crippen molar-refractivity contribution in [1.29, 1.82) is 0 Å². The minimum Gasteiger partial charge on any atom is -0.353 e. The average Bonchev–Trinajstić information content (AvgIpc) is 2.75. The highest BCUT2D eigenvalue weighted by Crippen LogP contribution is 2.22. The number of piperazine rings is 1. The fourth-order valence-corrected chi connectivity index (χ4v) is 3.25. The van der Waals surface area contributed by atoms with Crippen LogP contribution in [-0.4, -0.2) is 54.4 Å². The monoisotopic (exact) mass is 388 g/mol. The molecule has 1 aliphatic heterocycles. The second kappa shape index (κ2) is 8.70. The number of hydrogen-bond donors (Lipinski definition) is 2. The van der Waals surface area contributed by atoms with E-state index in [1.165, 1.54) is 0 Å². The smallest absolute Gasteiger partial charge is 0.323 e. The molecule has 0 spiro atoms. The van der Waals surface area contributed by atoms with Gasteiger partial charge in [-0.1, -0.05) is 30.3 Å². The number of aromatic nitrogens is 2. The van der Waals surface area contributed by atoms with Crippen LogP contribution in [0.15, 0.2) is 66.7 Å². The molecule has 0 bridgehead atoms. The van der Waals surface area contributed by atoms with Crippen LogP contribution in [0.4, 0.5) is 22.0 Å². The topological polar surface area (TPSA) is 73.4 Å². The summed E-state index contributed by atoms with van der Waals surface area (Å²) in [7, 11) is 2.13. The minimum absolute atomic E-state index is 0.287. The SMILES string of the molecule is CN1CCN(c2ccc(-c3cccc(NC(=O)Nc4ccccc4)c3)nn2)CC1. The van der Waals surface area contributed by atoms with Gasteiger partial charge in [0.05, 0.1) is 5.69 Å². The van der Waals surface area contributed by atoms with E-state index in [9.17, 15) is 4.79 Å². The summed E-state index contributed by atoms with van der Waals surface area (Å²) in [6, 6.07) is 20.6. The van der Waals surface area contributed by atoms with Gasteiger partial charge in [-0.3, -0.25) is 0 Å². The maximum absolute atomic E-state index is 12.2. The summed E-state index contributed by atoms with van der Waals surface area (Å²) >= 11 is 0. The number of urea groups is 1. The molecule has 0 aliphatic carbocycles. The molecule has 3 aromatic rings. The Kier molecular flexibility index (Phi) is 5.67. The van der Waals surface area contributed by atoms with Gasteiger partial charge < -0.3 is 20.4 Å². The standard InChI is InChI=1S/C22H24N6O/c1-27-12-14-28(15-13-27)21-11-10-20(25-26-21)17-6-5-9-19(16-17)24-22(29)23-18-7-3-2-4-8-18/h2-11,16H,12-15H2,1H3,(H2,23,24,29). The highest BCUT2D eigenvalue weighted by Gasteiger charge is 2.15. The number of anilines is 3. The Bertz CT molecular complexity index is 953. The highest BCUT2D eigenvalue weighted by molar-refractivity contribution is 6.00. The Morgan fingerprint density at radius 1 is 0.828 bits per heavy atom. The molecule has 1 saturated heterocycles. The molecule has 29 heavy (non-hydrogen) atoms. The Balaban J connectivity index is 1.42. The number of nitrogens with zero attached hydrogens (tertiary/aromatic N) is 4.